The first-order chi connectivity index (χ1) is 31.6. The highest BCUT2D eigenvalue weighted by Gasteiger charge is 2.18. The molecule has 0 saturated heterocycles. The predicted molar refractivity (Wildman–Crippen MR) is 279 cm³/mol. The van der Waals surface area contributed by atoms with Crippen molar-refractivity contribution in [2.75, 3.05) is 0 Å². The van der Waals surface area contributed by atoms with E-state index in [1.807, 2.05) is 12.2 Å². The van der Waals surface area contributed by atoms with Crippen LogP contribution in [0.5, 0.6) is 0 Å². The van der Waals surface area contributed by atoms with Crippen molar-refractivity contribution in [1.29, 1.82) is 0 Å². The molecule has 0 aliphatic heterocycles. The summed E-state index contributed by atoms with van der Waals surface area (Å²) in [7, 11) is 0. The van der Waals surface area contributed by atoms with E-state index in [-0.39, 0.29) is 0 Å². The van der Waals surface area contributed by atoms with Crippen LogP contribution < -0.4 is 10.4 Å². The molecule has 3 aliphatic carbocycles. The molecule has 3 aliphatic rings. The Morgan fingerprint density at radius 1 is 0.547 bits per heavy atom. The normalized spacial score (nSPS) is 17.4. The van der Waals surface area contributed by atoms with E-state index in [9.17, 15) is 0 Å². The van der Waals surface area contributed by atoms with Crippen LogP contribution in [0.1, 0.15) is 50.1 Å². The molecule has 0 saturated carbocycles. The average molecular weight is 817 g/mol. The number of hydrogen-bond donors (Lipinski definition) is 0. The summed E-state index contributed by atoms with van der Waals surface area (Å²) < 4.78 is 0. The summed E-state index contributed by atoms with van der Waals surface area (Å²) in [6, 6.07) is 51.1. The molecule has 64 heavy (non-hydrogen) atoms. The first-order valence-electron chi connectivity index (χ1n) is 22.2. The Kier molecular flexibility index (Phi) is 11.3. The van der Waals surface area contributed by atoms with E-state index in [1.54, 1.807) is 0 Å². The quantitative estimate of drug-likeness (QED) is 0.106. The number of rotatable bonds is 8. The van der Waals surface area contributed by atoms with E-state index in [2.05, 4.69) is 237 Å². The third-order valence-electron chi connectivity index (χ3n) is 12.5. The van der Waals surface area contributed by atoms with E-state index in [0.717, 1.165) is 73.4 Å². The topological polar surface area (TPSA) is 0 Å². The van der Waals surface area contributed by atoms with E-state index in [1.165, 1.54) is 49.7 Å². The van der Waals surface area contributed by atoms with Gasteiger partial charge in [-0.2, -0.15) is 0 Å². The van der Waals surface area contributed by atoms with Crippen LogP contribution in [0, 0.1) is 0 Å². The minimum absolute atomic E-state index is 0.938. The van der Waals surface area contributed by atoms with E-state index in [4.69, 9.17) is 6.58 Å². The van der Waals surface area contributed by atoms with Gasteiger partial charge in [0.2, 0.25) is 0 Å². The predicted octanol–water partition coefficient (Wildman–Crippen LogP) is 15.0. The zero-order valence-corrected chi connectivity index (χ0v) is 35.9. The summed E-state index contributed by atoms with van der Waals surface area (Å²) in [6.45, 7) is 8.98. The Hall–Kier alpha value is -8.06. The van der Waals surface area contributed by atoms with Gasteiger partial charge in [0.15, 0.2) is 0 Å². The maximum Gasteiger partial charge on any atom is -0.00326 e. The first kappa shape index (κ1) is 40.0. The highest BCUT2D eigenvalue weighted by Crippen LogP contribution is 2.37. The van der Waals surface area contributed by atoms with Gasteiger partial charge in [0, 0.05) is 0 Å². The van der Waals surface area contributed by atoms with Gasteiger partial charge in [0.25, 0.3) is 0 Å². The SMILES string of the molecule is C=C/C=C\C(=Cc1cccc2ccccc12)c1cc(=C)\c(=C(C2=C/C=C\C=C\C=C/c3ccccc3\C=C\2)\c2ccc3c(c2)C=CC3)cc1-c1cccc(-c2cccc3c2CC=C3)c1. The van der Waals surface area contributed by atoms with Crippen molar-refractivity contribution < 1.29 is 0 Å². The summed E-state index contributed by atoms with van der Waals surface area (Å²) in [4.78, 5) is 0. The number of hydrogen-bond acceptors (Lipinski definition) is 0. The maximum atomic E-state index is 4.89. The molecule has 0 nitrogen and oxygen atoms in total. The summed E-state index contributed by atoms with van der Waals surface area (Å²) in [5.41, 5.74) is 19.0. The molecular formula is C64H48. The Labute approximate surface area is 377 Å². The van der Waals surface area contributed by atoms with Crippen LogP contribution in [0.2, 0.25) is 0 Å². The van der Waals surface area contributed by atoms with Crippen molar-refractivity contribution in [3.05, 3.63) is 285 Å². The van der Waals surface area contributed by atoms with Gasteiger partial charge in [-0.05, 0) is 153 Å². The van der Waals surface area contributed by atoms with Gasteiger partial charge in [-0.15, -0.1) is 0 Å². The molecule has 10 rings (SSSR count). The van der Waals surface area contributed by atoms with Gasteiger partial charge in [0.05, 0.1) is 0 Å². The molecule has 0 unspecified atom stereocenters. The third kappa shape index (κ3) is 8.18. The third-order valence-corrected chi connectivity index (χ3v) is 12.5. The zero-order valence-electron chi connectivity index (χ0n) is 35.9. The fraction of sp³-hybridized carbons (Fsp3) is 0.0312. The van der Waals surface area contributed by atoms with Gasteiger partial charge < -0.3 is 0 Å². The fourth-order valence-corrected chi connectivity index (χ4v) is 9.31. The van der Waals surface area contributed by atoms with Crippen molar-refractivity contribution in [1.82, 2.24) is 0 Å². The number of benzene rings is 7. The Balaban J connectivity index is 1.28. The molecule has 0 radical (unpaired) electrons. The molecule has 7 aromatic carbocycles. The van der Waals surface area contributed by atoms with Crippen LogP contribution in [0.15, 0.2) is 225 Å². The number of fused-ring (bicyclic) bond motifs is 4. The molecule has 0 heteroatoms. The molecule has 0 amide bonds. The van der Waals surface area contributed by atoms with Gasteiger partial charge in [-0.3, -0.25) is 0 Å². The van der Waals surface area contributed by atoms with Crippen LogP contribution in [0.4, 0.5) is 0 Å². The van der Waals surface area contributed by atoms with Crippen molar-refractivity contribution in [2.24, 2.45) is 0 Å². The van der Waals surface area contributed by atoms with Crippen LogP contribution in [-0.2, 0) is 12.8 Å². The van der Waals surface area contributed by atoms with Crippen molar-refractivity contribution >= 4 is 58.9 Å². The lowest BCUT2D eigenvalue weighted by atomic mass is 9.86. The van der Waals surface area contributed by atoms with Crippen molar-refractivity contribution in [3.63, 3.8) is 0 Å². The largest absolute Gasteiger partial charge is 0.0991 e. The molecule has 0 bridgehead atoms. The molecule has 0 N–H and O–H groups in total. The lowest BCUT2D eigenvalue weighted by Crippen LogP contribution is -2.28. The maximum absolute atomic E-state index is 4.89. The summed E-state index contributed by atoms with van der Waals surface area (Å²) in [5.74, 6) is 0. The monoisotopic (exact) mass is 816 g/mol. The van der Waals surface area contributed by atoms with Gasteiger partial charge in [0.1, 0.15) is 0 Å². The van der Waals surface area contributed by atoms with Gasteiger partial charge in [-0.25, -0.2) is 0 Å². The zero-order chi connectivity index (χ0) is 43.2. The molecule has 0 aromatic heterocycles. The van der Waals surface area contributed by atoms with E-state index in [0.29, 0.717) is 0 Å². The smallest absolute Gasteiger partial charge is 0.00326 e. The first-order valence-corrected chi connectivity index (χ1v) is 22.2. The van der Waals surface area contributed by atoms with Gasteiger partial charge >= 0.3 is 0 Å². The standard InChI is InChI=1S/C64H48/c1-3-4-19-55(42-53-30-15-26-49-23-12-13-33-58(49)53)62-40-45(2)61(44-63(62)56-32-16-31-54(43-56)60-35-18-28-50-27-17-34-59(50)60)64(57-39-37-48-25-14-29-52(48)41-57)51-24-9-7-5-6-8-20-46-21-10-11-22-47(46)36-38-51/h3-24,26-33,35-44H,1-2,25,34H2/b6-5+,7-5?,8-6?,9-7-,19-4-,20-8-,24-9?,38-36+,46-20?,47-36?,51-24+,51-38?,55-42?,64-61+. The van der Waals surface area contributed by atoms with Crippen LogP contribution in [-0.4, -0.2) is 0 Å². The second-order valence-electron chi connectivity index (χ2n) is 16.5. The Morgan fingerprint density at radius 3 is 2.19 bits per heavy atom. The molecule has 0 atom stereocenters. The number of allylic oxidation sites excluding steroid dienone is 14. The molecule has 304 valence electrons. The lowest BCUT2D eigenvalue weighted by molar-refractivity contribution is 1.30. The molecule has 7 aromatic rings. The Bertz CT molecular complexity index is 3390. The Morgan fingerprint density at radius 2 is 1.28 bits per heavy atom. The van der Waals surface area contributed by atoms with Gasteiger partial charge in [-0.1, -0.05) is 226 Å². The molecule has 0 heterocycles. The minimum atomic E-state index is 0.938. The highest BCUT2D eigenvalue weighted by atomic mass is 14.2. The molecular weight excluding hydrogens is 769 g/mol. The van der Waals surface area contributed by atoms with Crippen LogP contribution in [0.3, 0.4) is 0 Å². The summed E-state index contributed by atoms with van der Waals surface area (Å²) in [5, 5.41) is 4.43. The van der Waals surface area contributed by atoms with Crippen molar-refractivity contribution in [2.45, 2.75) is 12.8 Å². The average Bonchev–Trinajstić information content (AvgIpc) is 4.02. The second kappa shape index (κ2) is 18.1. The van der Waals surface area contributed by atoms with Crippen LogP contribution >= 0.6 is 0 Å². The van der Waals surface area contributed by atoms with Crippen LogP contribution in [0.25, 0.3) is 81.1 Å². The highest BCUT2D eigenvalue weighted by molar-refractivity contribution is 6.00. The lowest BCUT2D eigenvalue weighted by Gasteiger charge is -2.18. The molecule has 0 fully saturated rings. The fourth-order valence-electron chi connectivity index (χ4n) is 9.31. The summed E-state index contributed by atoms with van der Waals surface area (Å²) >= 11 is 0. The summed E-state index contributed by atoms with van der Waals surface area (Å²) in [6.07, 6.45) is 38.8. The van der Waals surface area contributed by atoms with E-state index >= 15 is 0 Å². The minimum Gasteiger partial charge on any atom is -0.0991 e. The molecule has 0 spiro atoms. The van der Waals surface area contributed by atoms with E-state index < -0.39 is 0 Å². The second-order valence-corrected chi connectivity index (χ2v) is 16.5. The van der Waals surface area contributed by atoms with Crippen molar-refractivity contribution in [3.8, 4) is 22.3 Å².